The molecule has 0 amide bonds. The SMILES string of the molecule is CC1(C)c2cc(C=Cc3ccc4c(c3)C(C)(C)c3cc(N(c5ccncc5)c5ccc([Si](C)(C)C)cc5)ccc3-4)ccc2-c2ccc(C=Cc3ccc4c(c3)C(C)(C)c3cc(N(c5ccncc5)c5ccc([Si](C)(C)C)cc5)ccc3-4)cc21. The molecule has 3 aliphatic carbocycles. The first-order chi connectivity index (χ1) is 39.6. The largest absolute Gasteiger partial charge is 0.310 e. The molecule has 8 aromatic carbocycles. The van der Waals surface area contributed by atoms with E-state index in [1.807, 2.05) is 24.8 Å². The predicted octanol–water partition coefficient (Wildman–Crippen LogP) is 19.8. The second-order valence-electron chi connectivity index (χ2n) is 26.9. The number of pyridine rings is 2. The molecule has 10 aromatic rings. The van der Waals surface area contributed by atoms with Gasteiger partial charge in [0, 0.05) is 75.2 Å². The van der Waals surface area contributed by atoms with Crippen molar-refractivity contribution in [2.24, 2.45) is 0 Å². The van der Waals surface area contributed by atoms with Gasteiger partial charge in [-0.2, -0.15) is 0 Å². The smallest absolute Gasteiger partial charge is 0.0775 e. The van der Waals surface area contributed by atoms with Crippen LogP contribution in [-0.2, 0) is 16.2 Å². The van der Waals surface area contributed by atoms with Gasteiger partial charge < -0.3 is 9.80 Å². The van der Waals surface area contributed by atoms with Crippen LogP contribution < -0.4 is 20.2 Å². The number of anilines is 6. The van der Waals surface area contributed by atoms with E-state index in [0.717, 1.165) is 34.1 Å². The third-order valence-corrected chi connectivity index (χ3v) is 22.5. The van der Waals surface area contributed by atoms with E-state index in [1.54, 1.807) is 0 Å². The fourth-order valence-electron chi connectivity index (χ4n) is 13.4. The van der Waals surface area contributed by atoms with Gasteiger partial charge in [0.25, 0.3) is 0 Å². The van der Waals surface area contributed by atoms with Crippen molar-refractivity contribution in [2.45, 2.75) is 97.1 Å². The summed E-state index contributed by atoms with van der Waals surface area (Å²) in [5, 5.41) is 2.91. The van der Waals surface area contributed by atoms with Crippen molar-refractivity contribution in [3.8, 4) is 33.4 Å². The highest BCUT2D eigenvalue weighted by molar-refractivity contribution is 6.89. The normalized spacial score (nSPS) is 14.9. The Morgan fingerprint density at radius 3 is 0.771 bits per heavy atom. The number of hydrogen-bond acceptors (Lipinski definition) is 4. The molecule has 0 N–H and O–H groups in total. The van der Waals surface area contributed by atoms with Crippen LogP contribution in [0.4, 0.5) is 34.1 Å². The first-order valence-electron chi connectivity index (χ1n) is 29.5. The Labute approximate surface area is 494 Å². The summed E-state index contributed by atoms with van der Waals surface area (Å²) in [4.78, 5) is 13.5. The van der Waals surface area contributed by atoms with Gasteiger partial charge >= 0.3 is 0 Å². The monoisotopic (exact) mass is 1110 g/mol. The van der Waals surface area contributed by atoms with Gasteiger partial charge in [-0.1, -0.05) is 225 Å². The Bertz CT molecular complexity index is 3960. The Kier molecular flexibility index (Phi) is 12.9. The minimum absolute atomic E-state index is 0.155. The molecule has 83 heavy (non-hydrogen) atoms. The second-order valence-corrected chi connectivity index (χ2v) is 37.1. The van der Waals surface area contributed by atoms with E-state index in [-0.39, 0.29) is 16.2 Å². The molecule has 6 heteroatoms. The van der Waals surface area contributed by atoms with Crippen LogP contribution in [-0.4, -0.2) is 26.1 Å². The van der Waals surface area contributed by atoms with Crippen molar-refractivity contribution in [2.75, 3.05) is 9.80 Å². The van der Waals surface area contributed by atoms with Crippen LogP contribution in [0.2, 0.25) is 39.3 Å². The summed E-state index contributed by atoms with van der Waals surface area (Å²) >= 11 is 0. The van der Waals surface area contributed by atoms with Crippen LogP contribution in [0.15, 0.2) is 207 Å². The fourth-order valence-corrected chi connectivity index (χ4v) is 15.8. The summed E-state index contributed by atoms with van der Waals surface area (Å²) in [7, 11) is -2.89. The third-order valence-electron chi connectivity index (χ3n) is 18.4. The highest BCUT2D eigenvalue weighted by Crippen LogP contribution is 2.54. The number of aromatic nitrogens is 2. The van der Waals surface area contributed by atoms with Gasteiger partial charge in [-0.15, -0.1) is 0 Å². The molecule has 410 valence electrons. The minimum atomic E-state index is -1.45. The highest BCUT2D eigenvalue weighted by Gasteiger charge is 2.39. The standard InChI is InChI=1S/C77H74N4Si2/c1-75(2)69-45-51(13-15-53-19-33-65-67-35-25-59(49-73(67)76(3,4)71(65)47-53)80(57-37-41-78-42-38-57)55-21-27-61(28-22-55)82(7,8)9)17-31-63(69)64-32-18-52(46-70(64)75)14-16-54-20-34-66-68-36-26-60(50-74(68)77(5,6)72(66)48-54)81(58-39-43-79-44-40-58)56-23-29-62(30-24-56)83(10,11)12/h13-50H,1-12H3. The fraction of sp³-hybridized carbons (Fsp3) is 0.195. The number of fused-ring (bicyclic) bond motifs is 9. The van der Waals surface area contributed by atoms with Crippen LogP contribution in [0.25, 0.3) is 57.7 Å². The average molecular weight is 1110 g/mol. The molecule has 0 spiro atoms. The first-order valence-corrected chi connectivity index (χ1v) is 36.5. The van der Waals surface area contributed by atoms with E-state index in [0.29, 0.717) is 0 Å². The van der Waals surface area contributed by atoms with Crippen molar-refractivity contribution in [3.05, 3.63) is 262 Å². The summed E-state index contributed by atoms with van der Waals surface area (Å²) in [6.07, 6.45) is 16.7. The van der Waals surface area contributed by atoms with Crippen molar-refractivity contribution in [3.63, 3.8) is 0 Å². The summed E-state index contributed by atoms with van der Waals surface area (Å²) in [5.41, 5.74) is 27.2. The summed E-state index contributed by atoms with van der Waals surface area (Å²) < 4.78 is 0. The molecule has 0 aliphatic heterocycles. The molecule has 0 saturated heterocycles. The zero-order chi connectivity index (χ0) is 57.8. The van der Waals surface area contributed by atoms with Crippen molar-refractivity contribution < 1.29 is 0 Å². The molecule has 0 fully saturated rings. The van der Waals surface area contributed by atoms with Crippen LogP contribution in [0.5, 0.6) is 0 Å². The van der Waals surface area contributed by atoms with Crippen LogP contribution in [0.1, 0.15) is 97.2 Å². The van der Waals surface area contributed by atoms with E-state index in [9.17, 15) is 0 Å². The van der Waals surface area contributed by atoms with Gasteiger partial charge in [0.1, 0.15) is 0 Å². The maximum atomic E-state index is 4.36. The van der Waals surface area contributed by atoms with Gasteiger partial charge in [-0.3, -0.25) is 9.97 Å². The van der Waals surface area contributed by atoms with Crippen molar-refractivity contribution in [1.29, 1.82) is 0 Å². The second kappa shape index (κ2) is 19.9. The van der Waals surface area contributed by atoms with E-state index in [4.69, 9.17) is 0 Å². The average Bonchev–Trinajstić information content (AvgIpc) is 2.54. The molecular weight excluding hydrogens is 1040 g/mol. The maximum Gasteiger partial charge on any atom is 0.0775 e. The lowest BCUT2D eigenvalue weighted by atomic mass is 9.81. The zero-order valence-electron chi connectivity index (χ0n) is 50.2. The lowest BCUT2D eigenvalue weighted by Crippen LogP contribution is -2.37. The van der Waals surface area contributed by atoms with E-state index >= 15 is 0 Å². The Hall–Kier alpha value is -8.43. The van der Waals surface area contributed by atoms with Crippen LogP contribution >= 0.6 is 0 Å². The Morgan fingerprint density at radius 2 is 0.506 bits per heavy atom. The zero-order valence-corrected chi connectivity index (χ0v) is 52.2. The molecule has 0 bridgehead atoms. The quantitative estimate of drug-likeness (QED) is 0.0901. The van der Waals surface area contributed by atoms with Gasteiger partial charge in [0.05, 0.1) is 16.1 Å². The van der Waals surface area contributed by atoms with Crippen molar-refractivity contribution >= 4 is 84.9 Å². The topological polar surface area (TPSA) is 32.3 Å². The number of hydrogen-bond donors (Lipinski definition) is 0. The molecule has 0 saturated carbocycles. The molecule has 4 nitrogen and oxygen atoms in total. The molecule has 0 atom stereocenters. The minimum Gasteiger partial charge on any atom is -0.310 e. The van der Waals surface area contributed by atoms with Crippen LogP contribution in [0, 0.1) is 0 Å². The Balaban J connectivity index is 0.724. The molecule has 0 unspecified atom stereocenters. The van der Waals surface area contributed by atoms with Gasteiger partial charge in [-0.05, 0) is 162 Å². The molecular formula is C77H74N4Si2. The van der Waals surface area contributed by atoms with E-state index in [2.05, 4.69) is 307 Å². The van der Waals surface area contributed by atoms with E-state index < -0.39 is 16.1 Å². The molecule has 0 radical (unpaired) electrons. The number of nitrogens with zero attached hydrogens (tertiary/aromatic N) is 4. The van der Waals surface area contributed by atoms with Crippen LogP contribution in [0.3, 0.4) is 0 Å². The molecule has 13 rings (SSSR count). The molecule has 2 heterocycles. The summed E-state index contributed by atoms with van der Waals surface area (Å²) in [6.45, 7) is 28.7. The summed E-state index contributed by atoms with van der Waals surface area (Å²) in [6, 6.07) is 69.0. The number of rotatable bonds is 12. The van der Waals surface area contributed by atoms with Crippen molar-refractivity contribution in [1.82, 2.24) is 9.97 Å². The Morgan fingerprint density at radius 1 is 0.277 bits per heavy atom. The maximum absolute atomic E-state index is 4.36. The van der Waals surface area contributed by atoms with Gasteiger partial charge in [-0.25, -0.2) is 0 Å². The van der Waals surface area contributed by atoms with Gasteiger partial charge in [0.2, 0.25) is 0 Å². The lowest BCUT2D eigenvalue weighted by Gasteiger charge is -2.28. The number of benzene rings is 8. The molecule has 2 aromatic heterocycles. The molecule has 3 aliphatic rings. The first kappa shape index (κ1) is 53.9. The third kappa shape index (κ3) is 9.46. The summed E-state index contributed by atoms with van der Waals surface area (Å²) in [5.74, 6) is 0. The highest BCUT2D eigenvalue weighted by atomic mass is 28.3. The predicted molar refractivity (Wildman–Crippen MR) is 361 cm³/mol. The van der Waals surface area contributed by atoms with E-state index in [1.165, 1.54) is 99.4 Å². The lowest BCUT2D eigenvalue weighted by molar-refractivity contribution is 0.660. The van der Waals surface area contributed by atoms with Gasteiger partial charge in [0.15, 0.2) is 0 Å².